The zero-order valence-electron chi connectivity index (χ0n) is 12.5. The van der Waals surface area contributed by atoms with Crippen LogP contribution in [0.1, 0.15) is 30.9 Å². The molecule has 0 saturated heterocycles. The lowest BCUT2D eigenvalue weighted by Crippen LogP contribution is -1.83. The minimum Gasteiger partial charge on any atom is -0.0622 e. The molecule has 0 heterocycles. The van der Waals surface area contributed by atoms with Crippen LogP contribution in [-0.2, 0) is 0 Å². The average molecular weight is 262 g/mol. The molecule has 0 fully saturated rings. The number of hydrogen-bond acceptors (Lipinski definition) is 0. The SMILES string of the molecule is CC(C)c1ccccc1.Cc1cccc2ccccc12. The summed E-state index contributed by atoms with van der Waals surface area (Å²) in [6.45, 7) is 6.55. The Kier molecular flexibility index (Phi) is 4.95. The van der Waals surface area contributed by atoms with Gasteiger partial charge in [-0.25, -0.2) is 0 Å². The predicted octanol–water partition coefficient (Wildman–Crippen LogP) is 5.96. The normalized spacial score (nSPS) is 10.2. The van der Waals surface area contributed by atoms with Crippen LogP contribution in [0.2, 0.25) is 0 Å². The molecular formula is C20H22. The van der Waals surface area contributed by atoms with Crippen LogP contribution >= 0.6 is 0 Å². The van der Waals surface area contributed by atoms with E-state index in [4.69, 9.17) is 0 Å². The molecule has 3 aromatic rings. The summed E-state index contributed by atoms with van der Waals surface area (Å²) in [6, 6.07) is 25.3. The molecule has 0 nitrogen and oxygen atoms in total. The zero-order valence-corrected chi connectivity index (χ0v) is 12.5. The Morgan fingerprint density at radius 2 is 1.25 bits per heavy atom. The van der Waals surface area contributed by atoms with E-state index in [2.05, 4.69) is 87.5 Å². The molecule has 3 aromatic carbocycles. The van der Waals surface area contributed by atoms with Crippen molar-refractivity contribution < 1.29 is 0 Å². The standard InChI is InChI=1S/C11H10.C9H12/c1-9-5-4-7-10-6-2-3-8-11(9)10;1-8(2)9-6-4-3-5-7-9/h2-8H,1H3;3-8H,1-2H3. The van der Waals surface area contributed by atoms with Gasteiger partial charge in [-0.05, 0) is 34.7 Å². The van der Waals surface area contributed by atoms with E-state index < -0.39 is 0 Å². The van der Waals surface area contributed by atoms with Gasteiger partial charge in [0.2, 0.25) is 0 Å². The topological polar surface area (TPSA) is 0 Å². The van der Waals surface area contributed by atoms with E-state index in [1.54, 1.807) is 0 Å². The lowest BCUT2D eigenvalue weighted by atomic mass is 10.0. The van der Waals surface area contributed by atoms with E-state index in [9.17, 15) is 0 Å². The van der Waals surface area contributed by atoms with Crippen molar-refractivity contribution in [3.63, 3.8) is 0 Å². The monoisotopic (exact) mass is 262 g/mol. The molecule has 0 atom stereocenters. The zero-order chi connectivity index (χ0) is 14.4. The summed E-state index contributed by atoms with van der Waals surface area (Å²) in [5.74, 6) is 0.659. The van der Waals surface area contributed by atoms with Crippen LogP contribution in [0.4, 0.5) is 0 Å². The molecule has 0 saturated carbocycles. The maximum Gasteiger partial charge on any atom is -0.0155 e. The smallest absolute Gasteiger partial charge is 0.0155 e. The van der Waals surface area contributed by atoms with Crippen molar-refractivity contribution in [3.05, 3.63) is 83.9 Å². The van der Waals surface area contributed by atoms with Crippen molar-refractivity contribution in [2.75, 3.05) is 0 Å². The molecule has 0 aliphatic carbocycles. The fourth-order valence-corrected chi connectivity index (χ4v) is 2.23. The molecule has 0 radical (unpaired) electrons. The van der Waals surface area contributed by atoms with Gasteiger partial charge < -0.3 is 0 Å². The Bertz CT molecular complexity index is 646. The second-order valence-corrected chi connectivity index (χ2v) is 5.36. The summed E-state index contributed by atoms with van der Waals surface area (Å²) < 4.78 is 0. The molecule has 20 heavy (non-hydrogen) atoms. The summed E-state index contributed by atoms with van der Waals surface area (Å²) in [4.78, 5) is 0. The molecule has 0 aliphatic heterocycles. The first kappa shape index (κ1) is 14.3. The molecule has 0 heteroatoms. The third kappa shape index (κ3) is 3.71. The Morgan fingerprint density at radius 3 is 1.85 bits per heavy atom. The van der Waals surface area contributed by atoms with Gasteiger partial charge in [0.15, 0.2) is 0 Å². The lowest BCUT2D eigenvalue weighted by molar-refractivity contribution is 0.867. The van der Waals surface area contributed by atoms with E-state index in [1.807, 2.05) is 6.07 Å². The highest BCUT2D eigenvalue weighted by molar-refractivity contribution is 5.85. The van der Waals surface area contributed by atoms with E-state index >= 15 is 0 Å². The van der Waals surface area contributed by atoms with Crippen LogP contribution < -0.4 is 0 Å². The summed E-state index contributed by atoms with van der Waals surface area (Å²) >= 11 is 0. The maximum atomic E-state index is 2.20. The first-order valence-electron chi connectivity index (χ1n) is 7.18. The molecular weight excluding hydrogens is 240 g/mol. The Morgan fingerprint density at radius 1 is 0.650 bits per heavy atom. The van der Waals surface area contributed by atoms with Gasteiger partial charge in [-0.15, -0.1) is 0 Å². The number of fused-ring (bicyclic) bond motifs is 1. The third-order valence-electron chi connectivity index (χ3n) is 3.47. The van der Waals surface area contributed by atoms with Crippen LogP contribution in [0.15, 0.2) is 72.8 Å². The van der Waals surface area contributed by atoms with Gasteiger partial charge >= 0.3 is 0 Å². The maximum absolute atomic E-state index is 2.20. The summed E-state index contributed by atoms with van der Waals surface area (Å²) in [5, 5.41) is 2.68. The highest BCUT2D eigenvalue weighted by Crippen LogP contribution is 2.16. The first-order valence-corrected chi connectivity index (χ1v) is 7.18. The van der Waals surface area contributed by atoms with Crippen molar-refractivity contribution in [2.24, 2.45) is 0 Å². The van der Waals surface area contributed by atoms with Crippen molar-refractivity contribution in [3.8, 4) is 0 Å². The van der Waals surface area contributed by atoms with Crippen LogP contribution in [0.3, 0.4) is 0 Å². The minimum absolute atomic E-state index is 0.659. The van der Waals surface area contributed by atoms with Crippen LogP contribution in [-0.4, -0.2) is 0 Å². The van der Waals surface area contributed by atoms with Crippen molar-refractivity contribution in [1.82, 2.24) is 0 Å². The second kappa shape index (κ2) is 6.91. The highest BCUT2D eigenvalue weighted by atomic mass is 14.0. The van der Waals surface area contributed by atoms with E-state index in [1.165, 1.54) is 21.9 Å². The second-order valence-electron chi connectivity index (χ2n) is 5.36. The lowest BCUT2D eigenvalue weighted by Gasteiger charge is -2.01. The van der Waals surface area contributed by atoms with E-state index in [0.29, 0.717) is 5.92 Å². The van der Waals surface area contributed by atoms with Gasteiger partial charge in [0.25, 0.3) is 0 Å². The van der Waals surface area contributed by atoms with Gasteiger partial charge in [-0.1, -0.05) is 86.6 Å². The van der Waals surface area contributed by atoms with Crippen LogP contribution in [0.5, 0.6) is 0 Å². The average Bonchev–Trinajstić information content (AvgIpc) is 2.49. The van der Waals surface area contributed by atoms with Gasteiger partial charge in [-0.3, -0.25) is 0 Å². The Balaban J connectivity index is 0.000000151. The van der Waals surface area contributed by atoms with Crippen molar-refractivity contribution in [2.45, 2.75) is 26.7 Å². The Hall–Kier alpha value is -2.08. The fourth-order valence-electron chi connectivity index (χ4n) is 2.23. The Labute approximate surface area is 122 Å². The minimum atomic E-state index is 0.659. The van der Waals surface area contributed by atoms with Gasteiger partial charge in [0, 0.05) is 0 Å². The van der Waals surface area contributed by atoms with Crippen molar-refractivity contribution >= 4 is 10.8 Å². The quantitative estimate of drug-likeness (QED) is 0.507. The van der Waals surface area contributed by atoms with Gasteiger partial charge in [0.1, 0.15) is 0 Å². The van der Waals surface area contributed by atoms with E-state index in [0.717, 1.165) is 0 Å². The third-order valence-corrected chi connectivity index (χ3v) is 3.47. The van der Waals surface area contributed by atoms with Crippen LogP contribution in [0, 0.1) is 6.92 Å². The fraction of sp³-hybridized carbons (Fsp3) is 0.200. The summed E-state index contributed by atoms with van der Waals surface area (Å²) in [6.07, 6.45) is 0. The molecule has 0 aliphatic rings. The molecule has 0 amide bonds. The number of hydrogen-bond donors (Lipinski definition) is 0. The molecule has 0 aromatic heterocycles. The van der Waals surface area contributed by atoms with Crippen LogP contribution in [0.25, 0.3) is 10.8 Å². The molecule has 0 unspecified atom stereocenters. The van der Waals surface area contributed by atoms with Gasteiger partial charge in [-0.2, -0.15) is 0 Å². The van der Waals surface area contributed by atoms with Gasteiger partial charge in [0.05, 0.1) is 0 Å². The first-order chi connectivity index (χ1) is 9.68. The number of aryl methyl sites for hydroxylation is 1. The highest BCUT2D eigenvalue weighted by Gasteiger charge is 1.93. The number of benzene rings is 3. The molecule has 3 rings (SSSR count). The molecule has 0 spiro atoms. The predicted molar refractivity (Wildman–Crippen MR) is 89.2 cm³/mol. The van der Waals surface area contributed by atoms with Crippen molar-refractivity contribution in [1.29, 1.82) is 0 Å². The largest absolute Gasteiger partial charge is 0.0622 e. The molecule has 0 N–H and O–H groups in total. The summed E-state index contributed by atoms with van der Waals surface area (Å²) in [5.41, 5.74) is 2.76. The summed E-state index contributed by atoms with van der Waals surface area (Å²) in [7, 11) is 0. The van der Waals surface area contributed by atoms with E-state index in [-0.39, 0.29) is 0 Å². The number of rotatable bonds is 1. The molecule has 102 valence electrons. The molecule has 0 bridgehead atoms.